The van der Waals surface area contributed by atoms with Gasteiger partial charge in [-0.3, -0.25) is 14.4 Å². The highest BCUT2D eigenvalue weighted by Gasteiger charge is 2.33. The molecule has 24 heavy (non-hydrogen) atoms. The number of piperidine rings is 1. The molecule has 0 aromatic carbocycles. The van der Waals surface area contributed by atoms with E-state index in [4.69, 9.17) is 5.11 Å². The Hall–Kier alpha value is -1.47. The number of hydrogen-bond acceptors (Lipinski definition) is 5. The Kier molecular flexibility index (Phi) is 7.65. The first-order valence-electron chi connectivity index (χ1n) is 8.99. The molecule has 2 amide bonds. The number of hydrogen-bond donors (Lipinski definition) is 3. The van der Waals surface area contributed by atoms with Gasteiger partial charge in [0.15, 0.2) is 5.78 Å². The van der Waals surface area contributed by atoms with Crippen molar-refractivity contribution in [3.8, 4) is 0 Å². The van der Waals surface area contributed by atoms with E-state index >= 15 is 0 Å². The standard InChI is InChI=1S/C17H29N3O4/c21-12-15(22)3-8-19-16(23)11-14-5-10-20(17(14)24)9-4-13-1-6-18-7-2-13/h13-14,18,21H,1-12H2,(H,19,23). The SMILES string of the molecule is O=C(CO)CCNC(=O)CC1CCN(CCC2CCNCC2)C1=O. The smallest absolute Gasteiger partial charge is 0.226 e. The van der Waals surface area contributed by atoms with Crippen LogP contribution in [-0.2, 0) is 14.4 Å². The van der Waals surface area contributed by atoms with Gasteiger partial charge >= 0.3 is 0 Å². The number of carbonyl (C=O) groups excluding carboxylic acids is 3. The minimum absolute atomic E-state index is 0.0884. The van der Waals surface area contributed by atoms with Crippen LogP contribution in [-0.4, -0.2) is 66.9 Å². The zero-order valence-electron chi connectivity index (χ0n) is 14.3. The first-order valence-corrected chi connectivity index (χ1v) is 8.99. The highest BCUT2D eigenvalue weighted by atomic mass is 16.3. The monoisotopic (exact) mass is 339 g/mol. The number of ketones is 1. The normalized spacial score (nSPS) is 22.0. The van der Waals surface area contributed by atoms with Gasteiger partial charge in [-0.25, -0.2) is 0 Å². The van der Waals surface area contributed by atoms with Crippen LogP contribution in [0.1, 0.15) is 38.5 Å². The predicted molar refractivity (Wildman–Crippen MR) is 89.2 cm³/mol. The molecule has 2 aliphatic rings. The summed E-state index contributed by atoms with van der Waals surface area (Å²) in [5.41, 5.74) is 0. The minimum atomic E-state index is -0.497. The molecule has 0 bridgehead atoms. The summed E-state index contributed by atoms with van der Waals surface area (Å²) in [4.78, 5) is 37.1. The zero-order chi connectivity index (χ0) is 17.4. The van der Waals surface area contributed by atoms with E-state index in [-0.39, 0.29) is 42.9 Å². The van der Waals surface area contributed by atoms with Crippen LogP contribution in [0.4, 0.5) is 0 Å². The van der Waals surface area contributed by atoms with Gasteiger partial charge in [0.25, 0.3) is 0 Å². The first kappa shape index (κ1) is 18.9. The van der Waals surface area contributed by atoms with Crippen molar-refractivity contribution in [2.45, 2.75) is 38.5 Å². The van der Waals surface area contributed by atoms with E-state index in [1.54, 1.807) is 0 Å². The van der Waals surface area contributed by atoms with Gasteiger partial charge in [0.1, 0.15) is 6.61 Å². The summed E-state index contributed by atoms with van der Waals surface area (Å²) in [6.07, 6.45) is 4.46. The van der Waals surface area contributed by atoms with Crippen LogP contribution in [0.15, 0.2) is 0 Å². The van der Waals surface area contributed by atoms with Crippen LogP contribution in [0, 0.1) is 11.8 Å². The second-order valence-electron chi connectivity index (χ2n) is 6.79. The molecule has 2 rings (SSSR count). The molecule has 1 atom stereocenters. The molecule has 7 nitrogen and oxygen atoms in total. The molecular weight excluding hydrogens is 310 g/mol. The van der Waals surface area contributed by atoms with Crippen LogP contribution in [0.25, 0.3) is 0 Å². The van der Waals surface area contributed by atoms with E-state index in [0.29, 0.717) is 5.92 Å². The minimum Gasteiger partial charge on any atom is -0.389 e. The number of carbonyl (C=O) groups is 3. The fourth-order valence-electron chi connectivity index (χ4n) is 3.44. The summed E-state index contributed by atoms with van der Waals surface area (Å²) in [6.45, 7) is 3.40. The average Bonchev–Trinajstić information content (AvgIpc) is 2.94. The van der Waals surface area contributed by atoms with Crippen molar-refractivity contribution in [2.24, 2.45) is 11.8 Å². The molecule has 136 valence electrons. The van der Waals surface area contributed by atoms with Gasteiger partial charge in [-0.05, 0) is 44.7 Å². The lowest BCUT2D eigenvalue weighted by molar-refractivity contribution is -0.134. The summed E-state index contributed by atoms with van der Waals surface area (Å²) in [5.74, 6) is 0.0678. The highest BCUT2D eigenvalue weighted by molar-refractivity contribution is 5.87. The summed E-state index contributed by atoms with van der Waals surface area (Å²) in [5, 5.41) is 14.6. The van der Waals surface area contributed by atoms with Crippen molar-refractivity contribution < 1.29 is 19.5 Å². The lowest BCUT2D eigenvalue weighted by Gasteiger charge is -2.25. The summed E-state index contributed by atoms with van der Waals surface area (Å²) >= 11 is 0. The van der Waals surface area contributed by atoms with E-state index in [0.717, 1.165) is 39.0 Å². The van der Waals surface area contributed by atoms with Crippen molar-refractivity contribution in [1.29, 1.82) is 0 Å². The molecule has 0 aromatic rings. The van der Waals surface area contributed by atoms with Crippen molar-refractivity contribution in [3.05, 3.63) is 0 Å². The van der Waals surface area contributed by atoms with E-state index < -0.39 is 6.61 Å². The number of aliphatic hydroxyl groups excluding tert-OH is 1. The Labute approximate surface area is 143 Å². The van der Waals surface area contributed by atoms with Gasteiger partial charge < -0.3 is 20.6 Å². The second-order valence-corrected chi connectivity index (χ2v) is 6.79. The van der Waals surface area contributed by atoms with E-state index in [2.05, 4.69) is 10.6 Å². The molecule has 1 unspecified atom stereocenters. The van der Waals surface area contributed by atoms with Crippen LogP contribution >= 0.6 is 0 Å². The molecule has 2 fully saturated rings. The van der Waals surface area contributed by atoms with Crippen LogP contribution in [0.5, 0.6) is 0 Å². The number of aliphatic hydroxyl groups is 1. The Morgan fingerprint density at radius 1 is 1.25 bits per heavy atom. The molecule has 0 spiro atoms. The first-order chi connectivity index (χ1) is 11.6. The van der Waals surface area contributed by atoms with Crippen LogP contribution in [0.2, 0.25) is 0 Å². The molecule has 2 aliphatic heterocycles. The number of rotatable bonds is 9. The molecule has 2 saturated heterocycles. The average molecular weight is 339 g/mol. The van der Waals surface area contributed by atoms with Crippen molar-refractivity contribution >= 4 is 17.6 Å². The third-order valence-electron chi connectivity index (χ3n) is 5.01. The Bertz CT molecular complexity index is 449. The number of Topliss-reactive ketones (excluding diaryl/α,β-unsaturated/α-hetero) is 1. The summed E-state index contributed by atoms with van der Waals surface area (Å²) < 4.78 is 0. The van der Waals surface area contributed by atoms with Gasteiger partial charge in [-0.1, -0.05) is 0 Å². The van der Waals surface area contributed by atoms with E-state index in [1.807, 2.05) is 4.90 Å². The Balaban J connectivity index is 1.65. The Morgan fingerprint density at radius 2 is 2.00 bits per heavy atom. The lowest BCUT2D eigenvalue weighted by atomic mass is 9.94. The summed E-state index contributed by atoms with van der Waals surface area (Å²) in [7, 11) is 0. The maximum atomic E-state index is 12.4. The van der Waals surface area contributed by atoms with Crippen LogP contribution in [0.3, 0.4) is 0 Å². The fraction of sp³-hybridized carbons (Fsp3) is 0.824. The maximum Gasteiger partial charge on any atom is 0.226 e. The topological polar surface area (TPSA) is 98.7 Å². The second kappa shape index (κ2) is 9.74. The molecule has 0 radical (unpaired) electrons. The van der Waals surface area contributed by atoms with Gasteiger partial charge in [-0.2, -0.15) is 0 Å². The quantitative estimate of drug-likeness (QED) is 0.535. The number of amides is 2. The molecule has 0 aromatic heterocycles. The van der Waals surface area contributed by atoms with Crippen LogP contribution < -0.4 is 10.6 Å². The van der Waals surface area contributed by atoms with Crippen molar-refractivity contribution in [2.75, 3.05) is 39.3 Å². The van der Waals surface area contributed by atoms with E-state index in [9.17, 15) is 14.4 Å². The molecule has 0 saturated carbocycles. The van der Waals surface area contributed by atoms with Gasteiger partial charge in [-0.15, -0.1) is 0 Å². The summed E-state index contributed by atoms with van der Waals surface area (Å²) in [6, 6.07) is 0. The third-order valence-corrected chi connectivity index (χ3v) is 5.01. The van der Waals surface area contributed by atoms with Crippen molar-refractivity contribution in [3.63, 3.8) is 0 Å². The fourth-order valence-corrected chi connectivity index (χ4v) is 3.44. The lowest BCUT2D eigenvalue weighted by Crippen LogP contribution is -2.34. The highest BCUT2D eigenvalue weighted by Crippen LogP contribution is 2.23. The molecule has 0 aliphatic carbocycles. The number of nitrogens with one attached hydrogen (secondary N) is 2. The predicted octanol–water partition coefficient (Wildman–Crippen LogP) is -0.318. The maximum absolute atomic E-state index is 12.4. The Morgan fingerprint density at radius 3 is 2.71 bits per heavy atom. The van der Waals surface area contributed by atoms with Gasteiger partial charge in [0.2, 0.25) is 11.8 Å². The van der Waals surface area contributed by atoms with Gasteiger partial charge in [0, 0.05) is 38.4 Å². The van der Waals surface area contributed by atoms with Gasteiger partial charge in [0.05, 0.1) is 0 Å². The molecule has 3 N–H and O–H groups in total. The zero-order valence-corrected chi connectivity index (χ0v) is 14.3. The van der Waals surface area contributed by atoms with E-state index in [1.165, 1.54) is 12.8 Å². The van der Waals surface area contributed by atoms with Crippen molar-refractivity contribution in [1.82, 2.24) is 15.5 Å². The molecule has 2 heterocycles. The molecule has 7 heteroatoms. The molecular formula is C17H29N3O4. The largest absolute Gasteiger partial charge is 0.389 e. The third kappa shape index (κ3) is 5.87. The number of likely N-dealkylation sites (tertiary alicyclic amines) is 1. The number of nitrogens with zero attached hydrogens (tertiary/aromatic N) is 1.